The van der Waals surface area contributed by atoms with Crippen molar-refractivity contribution in [2.45, 2.75) is 6.54 Å². The molecule has 0 saturated heterocycles. The molecule has 0 amide bonds. The summed E-state index contributed by atoms with van der Waals surface area (Å²) in [5, 5.41) is 7.18. The highest BCUT2D eigenvalue weighted by Gasteiger charge is 2.05. The van der Waals surface area contributed by atoms with E-state index in [1.165, 1.54) is 6.07 Å². The summed E-state index contributed by atoms with van der Waals surface area (Å²) in [4.78, 5) is 0.0654. The summed E-state index contributed by atoms with van der Waals surface area (Å²) in [6, 6.07) is 6.57. The van der Waals surface area contributed by atoms with Crippen LogP contribution in [0.3, 0.4) is 0 Å². The number of aromatic nitrogens is 2. The number of hydrogen-bond acceptors (Lipinski definition) is 3. The van der Waals surface area contributed by atoms with Crippen molar-refractivity contribution in [3.05, 3.63) is 48.0 Å². The van der Waals surface area contributed by atoms with Gasteiger partial charge in [-0.25, -0.2) is 4.39 Å². The van der Waals surface area contributed by atoms with Crippen LogP contribution >= 0.6 is 12.2 Å². The number of benzene rings is 1. The Balaban J connectivity index is 1.94. The molecule has 94 valence electrons. The zero-order chi connectivity index (χ0) is 13.0. The van der Waals surface area contributed by atoms with E-state index in [1.807, 2.05) is 12.3 Å². The molecule has 1 aromatic heterocycles. The van der Waals surface area contributed by atoms with E-state index in [9.17, 15) is 4.39 Å². The van der Waals surface area contributed by atoms with Gasteiger partial charge in [0.25, 0.3) is 0 Å². The Kier molecular flexibility index (Phi) is 3.88. The maximum atomic E-state index is 13.6. The van der Waals surface area contributed by atoms with E-state index in [-0.39, 0.29) is 10.6 Å². The first-order valence-electron chi connectivity index (χ1n) is 5.47. The zero-order valence-corrected chi connectivity index (χ0v) is 10.5. The number of thiocarbonyl (C=S) groups is 1. The monoisotopic (exact) mass is 264 g/mol. The van der Waals surface area contributed by atoms with Crippen molar-refractivity contribution in [1.29, 1.82) is 0 Å². The molecule has 18 heavy (non-hydrogen) atoms. The normalized spacial score (nSPS) is 10.3. The van der Waals surface area contributed by atoms with E-state index >= 15 is 0 Å². The fourth-order valence-electron chi connectivity index (χ4n) is 1.57. The van der Waals surface area contributed by atoms with E-state index in [0.29, 0.717) is 18.8 Å². The Morgan fingerprint density at radius 2 is 2.33 bits per heavy atom. The lowest BCUT2D eigenvalue weighted by molar-refractivity contribution is 0.623. The highest BCUT2D eigenvalue weighted by atomic mass is 32.1. The predicted molar refractivity (Wildman–Crippen MR) is 73.0 cm³/mol. The molecule has 0 aliphatic rings. The molecule has 0 aliphatic carbocycles. The summed E-state index contributed by atoms with van der Waals surface area (Å²) in [7, 11) is 0. The van der Waals surface area contributed by atoms with Crippen molar-refractivity contribution >= 4 is 22.9 Å². The van der Waals surface area contributed by atoms with Crippen LogP contribution in [0.25, 0.3) is 0 Å². The number of nitrogens with zero attached hydrogens (tertiary/aromatic N) is 2. The molecule has 0 spiro atoms. The van der Waals surface area contributed by atoms with E-state index < -0.39 is 5.82 Å². The van der Waals surface area contributed by atoms with Crippen molar-refractivity contribution in [3.63, 3.8) is 0 Å². The summed E-state index contributed by atoms with van der Waals surface area (Å²) in [6.45, 7) is 1.37. The minimum absolute atomic E-state index is 0.0654. The lowest BCUT2D eigenvalue weighted by Gasteiger charge is -2.08. The van der Waals surface area contributed by atoms with Gasteiger partial charge in [-0.05, 0) is 24.3 Å². The third-order valence-corrected chi connectivity index (χ3v) is 2.68. The maximum absolute atomic E-state index is 13.6. The van der Waals surface area contributed by atoms with Gasteiger partial charge < -0.3 is 11.1 Å². The second-order valence-corrected chi connectivity index (χ2v) is 4.19. The SMILES string of the molecule is NC(=S)c1ccc(NCCn2cccn2)cc1F. The van der Waals surface area contributed by atoms with Crippen LogP contribution in [0.4, 0.5) is 10.1 Å². The maximum Gasteiger partial charge on any atom is 0.135 e. The highest BCUT2D eigenvalue weighted by molar-refractivity contribution is 7.80. The van der Waals surface area contributed by atoms with Crippen molar-refractivity contribution in [2.24, 2.45) is 5.73 Å². The van der Waals surface area contributed by atoms with E-state index in [4.69, 9.17) is 18.0 Å². The van der Waals surface area contributed by atoms with Crippen molar-refractivity contribution in [3.8, 4) is 0 Å². The number of rotatable bonds is 5. The predicted octanol–water partition coefficient (Wildman–Crippen LogP) is 1.77. The van der Waals surface area contributed by atoms with Crippen LogP contribution in [0.2, 0.25) is 0 Å². The van der Waals surface area contributed by atoms with Gasteiger partial charge in [-0.2, -0.15) is 5.10 Å². The third-order valence-electron chi connectivity index (χ3n) is 2.46. The molecule has 0 bridgehead atoms. The fourth-order valence-corrected chi connectivity index (χ4v) is 1.74. The van der Waals surface area contributed by atoms with E-state index in [2.05, 4.69) is 10.4 Å². The van der Waals surface area contributed by atoms with Gasteiger partial charge >= 0.3 is 0 Å². The molecule has 3 N–H and O–H groups in total. The van der Waals surface area contributed by atoms with Gasteiger partial charge in [-0.1, -0.05) is 12.2 Å². The molecule has 4 nitrogen and oxygen atoms in total. The molecule has 1 aromatic carbocycles. The quantitative estimate of drug-likeness (QED) is 0.808. The Morgan fingerprint density at radius 1 is 1.50 bits per heavy atom. The zero-order valence-electron chi connectivity index (χ0n) is 9.64. The number of halogens is 1. The molecule has 2 aromatic rings. The summed E-state index contributed by atoms with van der Waals surface area (Å²) in [6.07, 6.45) is 3.59. The molecule has 0 atom stereocenters. The van der Waals surface area contributed by atoms with Crippen LogP contribution < -0.4 is 11.1 Å². The minimum atomic E-state index is -0.411. The van der Waals surface area contributed by atoms with E-state index in [0.717, 1.165) is 0 Å². The molecule has 0 unspecified atom stereocenters. The Morgan fingerprint density at radius 3 is 2.94 bits per heavy atom. The van der Waals surface area contributed by atoms with Gasteiger partial charge in [0.05, 0.1) is 6.54 Å². The topological polar surface area (TPSA) is 55.9 Å². The fraction of sp³-hybridized carbons (Fsp3) is 0.167. The smallest absolute Gasteiger partial charge is 0.135 e. The van der Waals surface area contributed by atoms with Gasteiger partial charge in [-0.15, -0.1) is 0 Å². The summed E-state index contributed by atoms with van der Waals surface area (Å²) in [5.41, 5.74) is 6.35. The van der Waals surface area contributed by atoms with Crippen LogP contribution in [0.15, 0.2) is 36.7 Å². The number of nitrogens with two attached hydrogens (primary N) is 1. The average molecular weight is 264 g/mol. The van der Waals surface area contributed by atoms with Gasteiger partial charge in [-0.3, -0.25) is 4.68 Å². The van der Waals surface area contributed by atoms with Gasteiger partial charge in [0.2, 0.25) is 0 Å². The number of hydrogen-bond donors (Lipinski definition) is 2. The number of nitrogens with one attached hydrogen (secondary N) is 1. The standard InChI is InChI=1S/C12H13FN4S/c13-11-8-9(2-3-10(11)12(14)18)15-5-7-17-6-1-4-16-17/h1-4,6,8,15H,5,7H2,(H2,14,18). The molecular formula is C12H13FN4S. The van der Waals surface area contributed by atoms with Crippen LogP contribution in [0.1, 0.15) is 5.56 Å². The molecule has 0 saturated carbocycles. The van der Waals surface area contributed by atoms with Gasteiger partial charge in [0.1, 0.15) is 10.8 Å². The van der Waals surface area contributed by atoms with Crippen LogP contribution in [0.5, 0.6) is 0 Å². The summed E-state index contributed by atoms with van der Waals surface area (Å²) < 4.78 is 15.4. The first kappa shape index (κ1) is 12.5. The summed E-state index contributed by atoms with van der Waals surface area (Å²) >= 11 is 4.74. The molecule has 0 fully saturated rings. The molecule has 2 rings (SSSR count). The Labute approximate surface area is 110 Å². The molecule has 1 heterocycles. The van der Waals surface area contributed by atoms with Crippen LogP contribution in [-0.4, -0.2) is 21.3 Å². The van der Waals surface area contributed by atoms with Crippen molar-refractivity contribution < 1.29 is 4.39 Å². The van der Waals surface area contributed by atoms with Crippen LogP contribution in [-0.2, 0) is 6.54 Å². The first-order chi connectivity index (χ1) is 8.66. The summed E-state index contributed by atoms with van der Waals surface area (Å²) in [5.74, 6) is -0.411. The number of anilines is 1. The molecular weight excluding hydrogens is 251 g/mol. The minimum Gasteiger partial charge on any atom is -0.389 e. The second-order valence-electron chi connectivity index (χ2n) is 3.75. The van der Waals surface area contributed by atoms with Gasteiger partial charge in [0.15, 0.2) is 0 Å². The first-order valence-corrected chi connectivity index (χ1v) is 5.88. The Bertz CT molecular complexity index is 539. The van der Waals surface area contributed by atoms with Crippen LogP contribution in [0, 0.1) is 5.82 Å². The van der Waals surface area contributed by atoms with Gasteiger partial charge in [0, 0.05) is 30.2 Å². The second kappa shape index (κ2) is 5.59. The molecule has 0 aliphatic heterocycles. The lowest BCUT2D eigenvalue weighted by atomic mass is 10.2. The molecule has 0 radical (unpaired) electrons. The van der Waals surface area contributed by atoms with Crippen molar-refractivity contribution in [1.82, 2.24) is 9.78 Å². The van der Waals surface area contributed by atoms with Crippen molar-refractivity contribution in [2.75, 3.05) is 11.9 Å². The largest absolute Gasteiger partial charge is 0.389 e. The average Bonchev–Trinajstić information content (AvgIpc) is 2.81. The Hall–Kier alpha value is -1.95. The van der Waals surface area contributed by atoms with E-state index in [1.54, 1.807) is 23.0 Å². The lowest BCUT2D eigenvalue weighted by Crippen LogP contribution is -2.13. The molecule has 6 heteroatoms. The third kappa shape index (κ3) is 3.04. The highest BCUT2D eigenvalue weighted by Crippen LogP contribution is 2.14.